The lowest BCUT2D eigenvalue weighted by atomic mass is 10.2. The predicted molar refractivity (Wildman–Crippen MR) is 156 cm³/mol. The first kappa shape index (κ1) is 37.6. The van der Waals surface area contributed by atoms with Crippen LogP contribution in [0.1, 0.15) is 94.4 Å². The minimum atomic E-state index is -2.83. The van der Waals surface area contributed by atoms with Crippen molar-refractivity contribution in [3.8, 4) is 0 Å². The highest BCUT2D eigenvalue weighted by Crippen LogP contribution is 2.34. The van der Waals surface area contributed by atoms with Gasteiger partial charge in [-0.05, 0) is 87.2 Å². The molecule has 0 amide bonds. The fourth-order valence-electron chi connectivity index (χ4n) is 4.92. The molecule has 0 heterocycles. The molecule has 0 aromatic heterocycles. The zero-order valence-electron chi connectivity index (χ0n) is 26.0. The van der Waals surface area contributed by atoms with Crippen LogP contribution in [0.15, 0.2) is 0 Å². The number of nitrogens with zero attached hydrogens (tertiary/aromatic N) is 1. The molecule has 0 aliphatic rings. The molecule has 0 saturated heterocycles. The van der Waals surface area contributed by atoms with E-state index in [1.165, 1.54) is 0 Å². The third-order valence-corrected chi connectivity index (χ3v) is 14.1. The SMILES string of the molecule is CCOC(=O)CCN(CCC(CC)[Si](OCC)(OCC)OCC)CCC(CC)[Si](OCC)(OCC)OCC. The van der Waals surface area contributed by atoms with E-state index in [9.17, 15) is 4.79 Å². The molecule has 11 heteroatoms. The van der Waals surface area contributed by atoms with E-state index < -0.39 is 17.6 Å². The Morgan fingerprint density at radius 3 is 1.16 bits per heavy atom. The van der Waals surface area contributed by atoms with E-state index in [4.69, 9.17) is 31.3 Å². The quantitative estimate of drug-likeness (QED) is 0.0946. The lowest BCUT2D eigenvalue weighted by Gasteiger charge is -2.37. The van der Waals surface area contributed by atoms with E-state index in [1.807, 2.05) is 48.5 Å². The van der Waals surface area contributed by atoms with Crippen molar-refractivity contribution in [2.24, 2.45) is 0 Å². The van der Waals surface area contributed by atoms with Crippen molar-refractivity contribution < 1.29 is 36.1 Å². The average molecular weight is 582 g/mol. The zero-order chi connectivity index (χ0) is 28.9. The lowest BCUT2D eigenvalue weighted by Crippen LogP contribution is -2.51. The van der Waals surface area contributed by atoms with Crippen molar-refractivity contribution in [1.29, 1.82) is 0 Å². The van der Waals surface area contributed by atoms with Gasteiger partial charge >= 0.3 is 23.6 Å². The maximum Gasteiger partial charge on any atom is 0.504 e. The molecule has 0 saturated carbocycles. The van der Waals surface area contributed by atoms with Gasteiger partial charge in [-0.3, -0.25) is 4.79 Å². The van der Waals surface area contributed by atoms with Gasteiger partial charge in [0.1, 0.15) is 0 Å². The van der Waals surface area contributed by atoms with Crippen molar-refractivity contribution in [1.82, 2.24) is 4.90 Å². The van der Waals surface area contributed by atoms with Crippen LogP contribution in [0.4, 0.5) is 0 Å². The maximum atomic E-state index is 12.2. The number of ether oxygens (including phenoxy) is 1. The predicted octanol–water partition coefficient (Wildman–Crippen LogP) is 5.68. The smallest absolute Gasteiger partial charge is 0.466 e. The number of hydrogen-bond acceptors (Lipinski definition) is 9. The molecule has 0 spiro atoms. The van der Waals surface area contributed by atoms with Gasteiger partial charge < -0.3 is 36.2 Å². The fourth-order valence-corrected chi connectivity index (χ4v) is 11.2. The second-order valence-corrected chi connectivity index (χ2v) is 14.8. The number of carbonyl (C=O) groups is 1. The van der Waals surface area contributed by atoms with Gasteiger partial charge in [-0.15, -0.1) is 0 Å². The third kappa shape index (κ3) is 12.9. The summed E-state index contributed by atoms with van der Waals surface area (Å²) in [4.78, 5) is 14.6. The molecule has 0 aliphatic heterocycles. The van der Waals surface area contributed by atoms with Gasteiger partial charge in [0, 0.05) is 57.3 Å². The Balaban J connectivity index is 5.77. The molecule has 2 unspecified atom stereocenters. The molecule has 0 N–H and O–H groups in total. The van der Waals surface area contributed by atoms with E-state index in [0.29, 0.717) is 59.2 Å². The van der Waals surface area contributed by atoms with E-state index in [2.05, 4.69) is 18.7 Å². The van der Waals surface area contributed by atoms with Gasteiger partial charge in [0.25, 0.3) is 0 Å². The molecule has 9 nitrogen and oxygen atoms in total. The summed E-state index contributed by atoms with van der Waals surface area (Å²) >= 11 is 0. The first-order valence-corrected chi connectivity index (χ1v) is 18.6. The van der Waals surface area contributed by atoms with Crippen LogP contribution in [0.25, 0.3) is 0 Å². The van der Waals surface area contributed by atoms with Crippen LogP contribution >= 0.6 is 0 Å². The Morgan fingerprint density at radius 1 is 0.553 bits per heavy atom. The highest BCUT2D eigenvalue weighted by Gasteiger charge is 2.49. The maximum absolute atomic E-state index is 12.2. The van der Waals surface area contributed by atoms with Crippen LogP contribution in [0.5, 0.6) is 0 Å². The van der Waals surface area contributed by atoms with Crippen LogP contribution in [-0.4, -0.2) is 94.4 Å². The minimum absolute atomic E-state index is 0.167. The fraction of sp³-hybridized carbons (Fsp3) is 0.963. The summed E-state index contributed by atoms with van der Waals surface area (Å²) in [7, 11) is -5.67. The summed E-state index contributed by atoms with van der Waals surface area (Å²) in [5.41, 5.74) is 0.358. The van der Waals surface area contributed by atoms with Gasteiger partial charge in [-0.25, -0.2) is 0 Å². The van der Waals surface area contributed by atoms with Crippen LogP contribution in [0, 0.1) is 0 Å². The van der Waals surface area contributed by atoms with Crippen LogP contribution in [0.3, 0.4) is 0 Å². The van der Waals surface area contributed by atoms with E-state index in [-0.39, 0.29) is 17.1 Å². The first-order chi connectivity index (χ1) is 18.3. The zero-order valence-corrected chi connectivity index (χ0v) is 28.0. The molecule has 0 fully saturated rings. The molecule has 2 atom stereocenters. The van der Waals surface area contributed by atoms with Crippen LogP contribution in [0.2, 0.25) is 11.1 Å². The van der Waals surface area contributed by atoms with Crippen molar-refractivity contribution in [3.05, 3.63) is 0 Å². The molecule has 0 rings (SSSR count). The van der Waals surface area contributed by atoms with E-state index >= 15 is 0 Å². The molecule has 0 aromatic carbocycles. The normalized spacial score (nSPS) is 14.2. The summed E-state index contributed by atoms with van der Waals surface area (Å²) in [5, 5.41) is 0. The monoisotopic (exact) mass is 581 g/mol. The average Bonchev–Trinajstić information content (AvgIpc) is 2.88. The highest BCUT2D eigenvalue weighted by molar-refractivity contribution is 6.62. The summed E-state index contributed by atoms with van der Waals surface area (Å²) in [6.45, 7) is 24.2. The van der Waals surface area contributed by atoms with Gasteiger partial charge in [-0.2, -0.15) is 0 Å². The van der Waals surface area contributed by atoms with E-state index in [1.54, 1.807) is 0 Å². The third-order valence-electron chi connectivity index (χ3n) is 6.58. The largest absolute Gasteiger partial charge is 0.504 e. The molecule has 0 aromatic rings. The molecule has 0 bridgehead atoms. The summed E-state index contributed by atoms with van der Waals surface area (Å²) in [5.74, 6) is -0.167. The molecule has 38 heavy (non-hydrogen) atoms. The summed E-state index contributed by atoms with van der Waals surface area (Å²) < 4.78 is 42.6. The molecular formula is C27H59NO8Si2. The number of hydrogen-bond donors (Lipinski definition) is 0. The second kappa shape index (κ2) is 22.3. The topological polar surface area (TPSA) is 84.9 Å². The highest BCUT2D eigenvalue weighted by atomic mass is 28.4. The van der Waals surface area contributed by atoms with Crippen molar-refractivity contribution in [2.75, 3.05) is 65.9 Å². The minimum Gasteiger partial charge on any atom is -0.466 e. The number of carbonyl (C=O) groups excluding carboxylic acids is 1. The van der Waals surface area contributed by atoms with Crippen molar-refractivity contribution in [3.63, 3.8) is 0 Å². The van der Waals surface area contributed by atoms with Gasteiger partial charge in [-0.1, -0.05) is 13.8 Å². The molecule has 228 valence electrons. The molecule has 0 aliphatic carbocycles. The van der Waals surface area contributed by atoms with Gasteiger partial charge in [0.05, 0.1) is 13.0 Å². The van der Waals surface area contributed by atoms with Crippen molar-refractivity contribution >= 4 is 23.6 Å². The standard InChI is InChI=1S/C27H59NO8Si2/c1-10-25(37(31-13-4,32-14-5)33-15-6)19-22-28(24-21-27(29)30-12-3)23-20-26(11-2)38(34-16-7,35-17-8)36-18-9/h25-26H,10-24H2,1-9H3. The Kier molecular flexibility index (Phi) is 22.1. The van der Waals surface area contributed by atoms with Crippen LogP contribution < -0.4 is 0 Å². The van der Waals surface area contributed by atoms with E-state index in [0.717, 1.165) is 38.8 Å². The Bertz CT molecular complexity index is 515. The Labute approximate surface area is 235 Å². The lowest BCUT2D eigenvalue weighted by molar-refractivity contribution is -0.143. The Hall–Kier alpha value is -0.376. The van der Waals surface area contributed by atoms with Crippen molar-refractivity contribution in [2.45, 2.75) is 106 Å². The number of esters is 1. The summed E-state index contributed by atoms with van der Waals surface area (Å²) in [6.07, 6.45) is 3.91. The first-order valence-electron chi connectivity index (χ1n) is 15.0. The summed E-state index contributed by atoms with van der Waals surface area (Å²) in [6, 6.07) is 0. The number of rotatable bonds is 26. The second-order valence-electron chi connectivity index (χ2n) is 8.99. The Morgan fingerprint density at radius 2 is 0.895 bits per heavy atom. The van der Waals surface area contributed by atoms with Gasteiger partial charge in [0.15, 0.2) is 0 Å². The molecular weight excluding hydrogens is 522 g/mol. The molecule has 0 radical (unpaired) electrons. The van der Waals surface area contributed by atoms with Crippen LogP contribution in [-0.2, 0) is 36.1 Å². The van der Waals surface area contributed by atoms with Gasteiger partial charge in [0.2, 0.25) is 0 Å².